The molecule has 1 rings (SSSR count). The zero-order valence-electron chi connectivity index (χ0n) is 8.53. The van der Waals surface area contributed by atoms with Crippen molar-refractivity contribution in [2.75, 3.05) is 21.0 Å². The van der Waals surface area contributed by atoms with E-state index in [0.29, 0.717) is 11.5 Å². The Balaban J connectivity index is 2.96. The van der Waals surface area contributed by atoms with Crippen molar-refractivity contribution >= 4 is 0 Å². The molecule has 0 aromatic heterocycles. The number of phenolic OH excluding ortho intramolecular Hbond substituents is 1. The highest BCUT2D eigenvalue weighted by Gasteiger charge is 2.08. The van der Waals surface area contributed by atoms with Gasteiger partial charge in [-0.1, -0.05) is 0 Å². The second-order valence-electron chi connectivity index (χ2n) is 2.82. The van der Waals surface area contributed by atoms with Crippen LogP contribution in [0.25, 0.3) is 0 Å². The van der Waals surface area contributed by atoms with Gasteiger partial charge >= 0.3 is 0 Å². The normalized spacial score (nSPS) is 9.93. The smallest absolute Gasteiger partial charge is 0.188 e. The van der Waals surface area contributed by atoms with Crippen molar-refractivity contribution < 1.29 is 19.3 Å². The summed E-state index contributed by atoms with van der Waals surface area (Å²) in [6, 6.07) is 3.06. The van der Waals surface area contributed by atoms with E-state index in [1.54, 1.807) is 7.11 Å². The van der Waals surface area contributed by atoms with E-state index in [1.807, 2.05) is 6.92 Å². The van der Waals surface area contributed by atoms with Crippen molar-refractivity contribution in [1.29, 1.82) is 0 Å². The van der Waals surface area contributed by atoms with Gasteiger partial charge in [0.15, 0.2) is 6.79 Å². The largest absolute Gasteiger partial charge is 0.508 e. The van der Waals surface area contributed by atoms with Gasteiger partial charge in [0.25, 0.3) is 0 Å². The summed E-state index contributed by atoms with van der Waals surface area (Å²) in [7, 11) is 3.08. The lowest BCUT2D eigenvalue weighted by Gasteiger charge is -2.11. The fourth-order valence-electron chi connectivity index (χ4n) is 1.13. The fourth-order valence-corrected chi connectivity index (χ4v) is 1.13. The Morgan fingerprint density at radius 3 is 2.43 bits per heavy atom. The van der Waals surface area contributed by atoms with Gasteiger partial charge in [-0.15, -0.1) is 0 Å². The van der Waals surface area contributed by atoms with Crippen LogP contribution in [-0.4, -0.2) is 26.1 Å². The van der Waals surface area contributed by atoms with Crippen LogP contribution in [-0.2, 0) is 4.74 Å². The van der Waals surface area contributed by atoms with Crippen molar-refractivity contribution in [3.8, 4) is 17.2 Å². The Hall–Kier alpha value is -1.42. The second kappa shape index (κ2) is 4.72. The molecule has 0 saturated heterocycles. The molecule has 0 amide bonds. The van der Waals surface area contributed by atoms with Gasteiger partial charge in [0.1, 0.15) is 17.2 Å². The number of ether oxygens (including phenoxy) is 3. The lowest BCUT2D eigenvalue weighted by Crippen LogP contribution is -2.01. The number of hydrogen-bond donors (Lipinski definition) is 1. The lowest BCUT2D eigenvalue weighted by atomic mass is 10.2. The summed E-state index contributed by atoms with van der Waals surface area (Å²) in [5.74, 6) is 1.26. The van der Waals surface area contributed by atoms with Crippen LogP contribution in [0.5, 0.6) is 17.2 Å². The number of methoxy groups -OCH3 is 2. The van der Waals surface area contributed by atoms with Crippen LogP contribution in [0.3, 0.4) is 0 Å². The van der Waals surface area contributed by atoms with Crippen LogP contribution in [0.1, 0.15) is 5.56 Å². The first-order chi connectivity index (χ1) is 6.69. The molecule has 14 heavy (non-hydrogen) atoms. The Bertz CT molecular complexity index is 309. The summed E-state index contributed by atoms with van der Waals surface area (Å²) in [5, 5.41) is 9.35. The first-order valence-electron chi connectivity index (χ1n) is 4.18. The SMILES string of the molecule is COCOc1cc(O)cc(OC)c1C. The number of phenols is 1. The number of rotatable bonds is 4. The van der Waals surface area contributed by atoms with Gasteiger partial charge in [0, 0.05) is 24.8 Å². The van der Waals surface area contributed by atoms with Crippen LogP contribution in [0.15, 0.2) is 12.1 Å². The van der Waals surface area contributed by atoms with E-state index < -0.39 is 0 Å². The first-order valence-corrected chi connectivity index (χ1v) is 4.18. The third-order valence-electron chi connectivity index (χ3n) is 1.85. The predicted octanol–water partition coefficient (Wildman–Crippen LogP) is 1.69. The minimum absolute atomic E-state index is 0.110. The zero-order chi connectivity index (χ0) is 10.6. The van der Waals surface area contributed by atoms with Gasteiger partial charge in [-0.05, 0) is 6.92 Å². The molecule has 0 spiro atoms. The molecule has 0 aliphatic heterocycles. The Kier molecular flexibility index (Phi) is 3.59. The number of aromatic hydroxyl groups is 1. The zero-order valence-corrected chi connectivity index (χ0v) is 8.53. The molecule has 0 aliphatic carbocycles. The van der Waals surface area contributed by atoms with Gasteiger partial charge in [-0.25, -0.2) is 0 Å². The summed E-state index contributed by atoms with van der Waals surface area (Å²) in [4.78, 5) is 0. The van der Waals surface area contributed by atoms with Gasteiger partial charge in [0.2, 0.25) is 0 Å². The Morgan fingerprint density at radius 2 is 1.86 bits per heavy atom. The van der Waals surface area contributed by atoms with Gasteiger partial charge in [0.05, 0.1) is 7.11 Å². The number of benzene rings is 1. The molecule has 4 heteroatoms. The molecular weight excluding hydrogens is 184 g/mol. The van der Waals surface area contributed by atoms with E-state index in [4.69, 9.17) is 14.2 Å². The molecular formula is C10H14O4. The maximum absolute atomic E-state index is 9.35. The molecule has 1 N–H and O–H groups in total. The molecule has 78 valence electrons. The lowest BCUT2D eigenvalue weighted by molar-refractivity contribution is 0.0503. The summed E-state index contributed by atoms with van der Waals surface area (Å²) < 4.78 is 15.1. The number of hydrogen-bond acceptors (Lipinski definition) is 4. The minimum atomic E-state index is 0.110. The van der Waals surface area contributed by atoms with E-state index in [1.165, 1.54) is 19.2 Å². The summed E-state index contributed by atoms with van der Waals surface area (Å²) in [6.45, 7) is 2.00. The molecule has 0 saturated carbocycles. The van der Waals surface area contributed by atoms with Crippen molar-refractivity contribution in [2.45, 2.75) is 6.92 Å². The molecule has 4 nitrogen and oxygen atoms in total. The van der Waals surface area contributed by atoms with Crippen LogP contribution in [0.2, 0.25) is 0 Å². The monoisotopic (exact) mass is 198 g/mol. The van der Waals surface area contributed by atoms with E-state index in [9.17, 15) is 5.11 Å². The molecule has 0 aliphatic rings. The molecule has 1 aromatic carbocycles. The van der Waals surface area contributed by atoms with Crippen molar-refractivity contribution in [3.63, 3.8) is 0 Å². The van der Waals surface area contributed by atoms with Crippen LogP contribution >= 0.6 is 0 Å². The first kappa shape index (κ1) is 10.7. The van der Waals surface area contributed by atoms with E-state index in [0.717, 1.165) is 5.56 Å². The van der Waals surface area contributed by atoms with Crippen molar-refractivity contribution in [3.05, 3.63) is 17.7 Å². The fraction of sp³-hybridized carbons (Fsp3) is 0.400. The highest BCUT2D eigenvalue weighted by atomic mass is 16.7. The third kappa shape index (κ3) is 2.29. The van der Waals surface area contributed by atoms with Crippen LogP contribution < -0.4 is 9.47 Å². The van der Waals surface area contributed by atoms with Crippen molar-refractivity contribution in [1.82, 2.24) is 0 Å². The molecule has 0 fully saturated rings. The Morgan fingerprint density at radius 1 is 1.21 bits per heavy atom. The third-order valence-corrected chi connectivity index (χ3v) is 1.85. The molecule has 0 unspecified atom stereocenters. The standard InChI is InChI=1S/C10H14O4/c1-7-9(13-3)4-8(11)5-10(7)14-6-12-2/h4-5,11H,6H2,1-3H3. The van der Waals surface area contributed by atoms with Crippen LogP contribution in [0.4, 0.5) is 0 Å². The van der Waals surface area contributed by atoms with Gasteiger partial charge < -0.3 is 19.3 Å². The van der Waals surface area contributed by atoms with Crippen molar-refractivity contribution in [2.24, 2.45) is 0 Å². The van der Waals surface area contributed by atoms with Gasteiger partial charge in [-0.3, -0.25) is 0 Å². The molecule has 0 heterocycles. The van der Waals surface area contributed by atoms with E-state index in [-0.39, 0.29) is 12.5 Å². The topological polar surface area (TPSA) is 47.9 Å². The second-order valence-corrected chi connectivity index (χ2v) is 2.82. The summed E-state index contributed by atoms with van der Waals surface area (Å²) in [6.07, 6.45) is 0. The average Bonchev–Trinajstić information content (AvgIpc) is 2.18. The van der Waals surface area contributed by atoms with Gasteiger partial charge in [-0.2, -0.15) is 0 Å². The Labute approximate surface area is 83.0 Å². The van der Waals surface area contributed by atoms with E-state index >= 15 is 0 Å². The van der Waals surface area contributed by atoms with Crippen LogP contribution in [0, 0.1) is 6.92 Å². The molecule has 0 atom stereocenters. The summed E-state index contributed by atoms with van der Waals surface area (Å²) >= 11 is 0. The minimum Gasteiger partial charge on any atom is -0.508 e. The quantitative estimate of drug-likeness (QED) is 0.748. The molecule has 1 aromatic rings. The maximum Gasteiger partial charge on any atom is 0.188 e. The maximum atomic E-state index is 9.35. The summed E-state index contributed by atoms with van der Waals surface area (Å²) in [5.41, 5.74) is 0.836. The van der Waals surface area contributed by atoms with E-state index in [2.05, 4.69) is 0 Å². The highest BCUT2D eigenvalue weighted by Crippen LogP contribution is 2.32. The molecule has 0 bridgehead atoms. The predicted molar refractivity (Wildman–Crippen MR) is 51.9 cm³/mol. The average molecular weight is 198 g/mol. The molecule has 0 radical (unpaired) electrons. The highest BCUT2D eigenvalue weighted by molar-refractivity contribution is 5.49.